The highest BCUT2D eigenvalue weighted by Gasteiger charge is 2.50. The summed E-state index contributed by atoms with van der Waals surface area (Å²) < 4.78 is 39.6. The highest BCUT2D eigenvalue weighted by molar-refractivity contribution is 9.10. The van der Waals surface area contributed by atoms with Crippen molar-refractivity contribution >= 4 is 26.0 Å². The zero-order valence-corrected chi connectivity index (χ0v) is 18.4. The van der Waals surface area contributed by atoms with Crippen LogP contribution in [0.15, 0.2) is 50.3 Å². The molecule has 1 fully saturated rings. The molecule has 1 aromatic heterocycles. The van der Waals surface area contributed by atoms with Gasteiger partial charge in [0.25, 0.3) is 0 Å². The molecule has 2 aliphatic rings. The van der Waals surface area contributed by atoms with Crippen molar-refractivity contribution in [1.82, 2.24) is 9.88 Å². The molecule has 0 saturated heterocycles. The van der Waals surface area contributed by atoms with Gasteiger partial charge in [-0.3, -0.25) is 0 Å². The highest BCUT2D eigenvalue weighted by atomic mass is 79.9. The standard InChI is InChI=1S/C21H19BrN2O4S/c1-23-29(25,26)17-5-3-4-13(20(17)27-2)18-15-11-21(8-9-21)16-7-6-12(22)10-14(16)19(15)28-24-18/h3-7,10,23H,8-9,11H2,1-2H3. The van der Waals surface area contributed by atoms with Gasteiger partial charge in [0.2, 0.25) is 10.0 Å². The van der Waals surface area contributed by atoms with Crippen LogP contribution in [0.5, 0.6) is 5.75 Å². The summed E-state index contributed by atoms with van der Waals surface area (Å²) in [6.45, 7) is 0. The fourth-order valence-corrected chi connectivity index (χ4v) is 5.60. The van der Waals surface area contributed by atoms with Crippen LogP contribution in [-0.4, -0.2) is 27.7 Å². The molecule has 2 aliphatic carbocycles. The Morgan fingerprint density at radius 1 is 1.21 bits per heavy atom. The minimum atomic E-state index is -3.68. The summed E-state index contributed by atoms with van der Waals surface area (Å²) in [6, 6.07) is 11.3. The largest absolute Gasteiger partial charge is 0.495 e. The van der Waals surface area contributed by atoms with Crippen LogP contribution in [0.25, 0.3) is 22.6 Å². The van der Waals surface area contributed by atoms with E-state index in [2.05, 4.69) is 44.0 Å². The predicted octanol–water partition coefficient (Wildman–Crippen LogP) is 4.28. The third-order valence-electron chi connectivity index (χ3n) is 5.95. The SMILES string of the molecule is CNS(=O)(=O)c1cccc(-c2noc3c2CC2(CC2)c2ccc(Br)cc2-3)c1OC. The predicted molar refractivity (Wildman–Crippen MR) is 112 cm³/mol. The number of ether oxygens (including phenoxy) is 1. The van der Waals surface area contributed by atoms with Crippen molar-refractivity contribution in [3.63, 3.8) is 0 Å². The van der Waals surface area contributed by atoms with Gasteiger partial charge >= 0.3 is 0 Å². The van der Waals surface area contributed by atoms with Crippen LogP contribution >= 0.6 is 15.9 Å². The first kappa shape index (κ1) is 18.8. The van der Waals surface area contributed by atoms with Gasteiger partial charge in [-0.25, -0.2) is 13.1 Å². The first-order valence-corrected chi connectivity index (χ1v) is 11.6. The van der Waals surface area contributed by atoms with Crippen molar-refractivity contribution in [2.45, 2.75) is 29.6 Å². The Kier molecular flexibility index (Phi) is 4.17. The first-order chi connectivity index (χ1) is 13.9. The number of nitrogens with one attached hydrogen (secondary N) is 1. The average Bonchev–Trinajstić information content (AvgIpc) is 3.36. The molecule has 8 heteroatoms. The summed E-state index contributed by atoms with van der Waals surface area (Å²) in [4.78, 5) is 0.0804. The fraction of sp³-hybridized carbons (Fsp3) is 0.286. The molecule has 0 amide bonds. The number of methoxy groups -OCH3 is 1. The van der Waals surface area contributed by atoms with Gasteiger partial charge in [0.1, 0.15) is 16.3 Å². The topological polar surface area (TPSA) is 81.4 Å². The van der Waals surface area contributed by atoms with Gasteiger partial charge in [-0.05, 0) is 56.1 Å². The molecule has 0 radical (unpaired) electrons. The number of para-hydroxylation sites is 1. The Morgan fingerprint density at radius 3 is 2.69 bits per heavy atom. The molecule has 3 aromatic rings. The number of sulfonamides is 1. The van der Waals surface area contributed by atoms with Crippen LogP contribution in [0.1, 0.15) is 24.0 Å². The van der Waals surface area contributed by atoms with Crippen LogP contribution in [-0.2, 0) is 21.9 Å². The number of halogens is 1. The van der Waals surface area contributed by atoms with Gasteiger partial charge in [0, 0.05) is 26.6 Å². The van der Waals surface area contributed by atoms with Crippen LogP contribution in [0, 0.1) is 0 Å². The monoisotopic (exact) mass is 474 g/mol. The van der Waals surface area contributed by atoms with E-state index < -0.39 is 10.0 Å². The molecule has 29 heavy (non-hydrogen) atoms. The van der Waals surface area contributed by atoms with Gasteiger partial charge in [0.05, 0.1) is 7.11 Å². The molecule has 2 aromatic carbocycles. The van der Waals surface area contributed by atoms with E-state index in [4.69, 9.17) is 9.26 Å². The van der Waals surface area contributed by atoms with Crippen molar-refractivity contribution in [2.75, 3.05) is 14.2 Å². The summed E-state index contributed by atoms with van der Waals surface area (Å²) in [5.41, 5.74) is 4.73. The molecule has 0 bridgehead atoms. The maximum absolute atomic E-state index is 12.5. The molecule has 0 atom stereocenters. The summed E-state index contributed by atoms with van der Waals surface area (Å²) in [5.74, 6) is 1.01. The third kappa shape index (κ3) is 2.77. The van der Waals surface area contributed by atoms with Crippen LogP contribution in [0.4, 0.5) is 0 Å². The minimum Gasteiger partial charge on any atom is -0.495 e. The van der Waals surface area contributed by atoms with Crippen molar-refractivity contribution in [1.29, 1.82) is 0 Å². The van der Waals surface area contributed by atoms with E-state index in [1.54, 1.807) is 6.07 Å². The number of hydrogen-bond acceptors (Lipinski definition) is 5. The maximum Gasteiger partial charge on any atom is 0.244 e. The second-order valence-electron chi connectivity index (χ2n) is 7.53. The lowest BCUT2D eigenvalue weighted by Gasteiger charge is -2.25. The molecule has 0 unspecified atom stereocenters. The summed E-state index contributed by atoms with van der Waals surface area (Å²) in [6.07, 6.45) is 3.07. The van der Waals surface area contributed by atoms with Gasteiger partial charge in [-0.2, -0.15) is 0 Å². The van der Waals surface area contributed by atoms with E-state index in [1.165, 1.54) is 25.8 Å². The molecule has 150 valence electrons. The van der Waals surface area contributed by atoms with E-state index in [1.807, 2.05) is 6.07 Å². The molecule has 5 rings (SSSR count). The van der Waals surface area contributed by atoms with E-state index in [-0.39, 0.29) is 16.1 Å². The second kappa shape index (κ2) is 6.42. The highest BCUT2D eigenvalue weighted by Crippen LogP contribution is 2.59. The Bertz CT molecular complexity index is 1250. The molecule has 1 heterocycles. The summed E-state index contributed by atoms with van der Waals surface area (Å²) in [5, 5.41) is 4.36. The first-order valence-electron chi connectivity index (χ1n) is 9.30. The number of nitrogens with zero attached hydrogens (tertiary/aromatic N) is 1. The number of rotatable bonds is 4. The third-order valence-corrected chi connectivity index (χ3v) is 7.88. The maximum atomic E-state index is 12.5. The van der Waals surface area contributed by atoms with Gasteiger partial charge in [-0.15, -0.1) is 0 Å². The number of benzene rings is 2. The van der Waals surface area contributed by atoms with Gasteiger partial charge < -0.3 is 9.26 Å². The lowest BCUT2D eigenvalue weighted by atomic mass is 9.78. The number of hydrogen-bond donors (Lipinski definition) is 1. The van der Waals surface area contributed by atoms with E-state index in [0.29, 0.717) is 11.3 Å². The van der Waals surface area contributed by atoms with E-state index in [0.717, 1.165) is 40.6 Å². The minimum absolute atomic E-state index is 0.0804. The number of aromatic nitrogens is 1. The summed E-state index contributed by atoms with van der Waals surface area (Å²) in [7, 11) is -0.833. The second-order valence-corrected chi connectivity index (χ2v) is 10.3. The van der Waals surface area contributed by atoms with Crippen LogP contribution < -0.4 is 9.46 Å². The van der Waals surface area contributed by atoms with Gasteiger partial charge in [-0.1, -0.05) is 33.2 Å². The van der Waals surface area contributed by atoms with Crippen molar-refractivity contribution < 1.29 is 17.7 Å². The quantitative estimate of drug-likeness (QED) is 0.610. The van der Waals surface area contributed by atoms with Crippen LogP contribution in [0.2, 0.25) is 0 Å². The van der Waals surface area contributed by atoms with Crippen LogP contribution in [0.3, 0.4) is 0 Å². The Balaban J connectivity index is 1.74. The fourth-order valence-electron chi connectivity index (χ4n) is 4.33. The Labute approximate surface area is 177 Å². The van der Waals surface area contributed by atoms with E-state index >= 15 is 0 Å². The zero-order valence-electron chi connectivity index (χ0n) is 16.0. The molecule has 1 saturated carbocycles. The molecule has 6 nitrogen and oxygen atoms in total. The smallest absolute Gasteiger partial charge is 0.244 e. The lowest BCUT2D eigenvalue weighted by molar-refractivity contribution is 0.402. The van der Waals surface area contributed by atoms with Crippen molar-refractivity contribution in [2.24, 2.45) is 0 Å². The molecular weight excluding hydrogens is 456 g/mol. The Hall–Kier alpha value is -2.16. The average molecular weight is 475 g/mol. The van der Waals surface area contributed by atoms with Crippen molar-refractivity contribution in [3.8, 4) is 28.3 Å². The lowest BCUT2D eigenvalue weighted by Crippen LogP contribution is -2.20. The summed E-state index contributed by atoms with van der Waals surface area (Å²) >= 11 is 3.56. The normalized spacial score (nSPS) is 16.4. The molecule has 1 N–H and O–H groups in total. The molecular formula is C21H19BrN2O4S. The van der Waals surface area contributed by atoms with Crippen molar-refractivity contribution in [3.05, 3.63) is 52.0 Å². The molecule has 0 aliphatic heterocycles. The zero-order chi connectivity index (χ0) is 20.4. The molecule has 1 spiro atoms. The van der Waals surface area contributed by atoms with Gasteiger partial charge in [0.15, 0.2) is 5.76 Å². The number of fused-ring (bicyclic) bond motifs is 4. The Morgan fingerprint density at radius 2 is 2.00 bits per heavy atom. The van der Waals surface area contributed by atoms with E-state index in [9.17, 15) is 8.42 Å².